The summed E-state index contributed by atoms with van der Waals surface area (Å²) in [5, 5.41) is 1.50. The van der Waals surface area contributed by atoms with E-state index in [9.17, 15) is 0 Å². The van der Waals surface area contributed by atoms with Crippen LogP contribution in [0.2, 0.25) is 6.55 Å². The molecule has 0 aliphatic rings. The molecule has 1 aromatic carbocycles. The number of hydrogen-bond donors (Lipinski definition) is 0. The molecule has 0 aliphatic heterocycles. The van der Waals surface area contributed by atoms with Crippen LogP contribution in [0.25, 0.3) is 11.3 Å². The highest BCUT2D eigenvalue weighted by molar-refractivity contribution is 6.52. The fourth-order valence-corrected chi connectivity index (χ4v) is 2.44. The molecule has 0 atom stereocenters. The van der Waals surface area contributed by atoms with Crippen molar-refractivity contribution in [2.24, 2.45) is 0 Å². The first-order chi connectivity index (χ1) is 7.29. The number of benzene rings is 1. The summed E-state index contributed by atoms with van der Waals surface area (Å²) in [5.41, 5.74) is 3.59. The topological polar surface area (TPSA) is 12.9 Å². The standard InChI is InChI=1S/C13H15NSi/c1-10-6-7-14-13(8-10)11-4-3-5-12(9-11)15-2/h3-9H,15H2,1-2H3. The van der Waals surface area contributed by atoms with E-state index >= 15 is 0 Å². The maximum absolute atomic E-state index is 4.40. The number of pyridine rings is 1. The van der Waals surface area contributed by atoms with Crippen molar-refractivity contribution in [2.45, 2.75) is 13.5 Å². The van der Waals surface area contributed by atoms with Gasteiger partial charge in [-0.25, -0.2) is 0 Å². The van der Waals surface area contributed by atoms with Crippen LogP contribution in [0.15, 0.2) is 42.6 Å². The number of aromatic nitrogens is 1. The second-order valence-electron chi connectivity index (χ2n) is 3.77. The highest BCUT2D eigenvalue weighted by Crippen LogP contribution is 2.15. The smallest absolute Gasteiger partial charge is 0.0704 e. The molecule has 0 N–H and O–H groups in total. The average Bonchev–Trinajstić information content (AvgIpc) is 2.29. The monoisotopic (exact) mass is 213 g/mol. The quantitative estimate of drug-likeness (QED) is 0.694. The first-order valence-electron chi connectivity index (χ1n) is 5.31. The summed E-state index contributed by atoms with van der Waals surface area (Å²) in [5.74, 6) is 0. The highest BCUT2D eigenvalue weighted by Gasteiger charge is 1.99. The predicted molar refractivity (Wildman–Crippen MR) is 68.5 cm³/mol. The Hall–Kier alpha value is -1.41. The Labute approximate surface area is 93.0 Å². The lowest BCUT2D eigenvalue weighted by Crippen LogP contribution is -2.09. The van der Waals surface area contributed by atoms with Gasteiger partial charge in [0.15, 0.2) is 0 Å². The molecule has 0 spiro atoms. The summed E-state index contributed by atoms with van der Waals surface area (Å²) in [6.45, 7) is 4.41. The Balaban J connectivity index is 2.44. The number of nitrogens with zero attached hydrogens (tertiary/aromatic N) is 1. The van der Waals surface area contributed by atoms with Crippen LogP contribution in [0.1, 0.15) is 5.56 Å². The minimum Gasteiger partial charge on any atom is -0.256 e. The van der Waals surface area contributed by atoms with E-state index in [1.54, 1.807) is 0 Å². The highest BCUT2D eigenvalue weighted by atomic mass is 28.2. The molecule has 0 bridgehead atoms. The molecule has 0 fully saturated rings. The summed E-state index contributed by atoms with van der Waals surface area (Å²) in [6.07, 6.45) is 1.88. The first kappa shape index (κ1) is 10.1. The number of rotatable bonds is 2. The minimum absolute atomic E-state index is 0.0725. The summed E-state index contributed by atoms with van der Waals surface area (Å²) in [6, 6.07) is 12.9. The van der Waals surface area contributed by atoms with Crippen molar-refractivity contribution in [3.63, 3.8) is 0 Å². The Morgan fingerprint density at radius 1 is 1.13 bits per heavy atom. The molecule has 1 nitrogen and oxygen atoms in total. The Morgan fingerprint density at radius 3 is 2.73 bits per heavy atom. The lowest BCUT2D eigenvalue weighted by molar-refractivity contribution is 1.29. The SMILES string of the molecule is C[SiH2]c1cccc(-c2cc(C)ccn2)c1. The van der Waals surface area contributed by atoms with E-state index in [-0.39, 0.29) is 9.52 Å². The molecule has 0 saturated heterocycles. The van der Waals surface area contributed by atoms with E-state index in [0.717, 1.165) is 5.69 Å². The van der Waals surface area contributed by atoms with Crippen molar-refractivity contribution in [2.75, 3.05) is 0 Å². The Bertz CT molecular complexity index is 466. The zero-order valence-corrected chi connectivity index (χ0v) is 10.6. The molecule has 2 rings (SSSR count). The van der Waals surface area contributed by atoms with Gasteiger partial charge in [-0.05, 0) is 30.2 Å². The van der Waals surface area contributed by atoms with Crippen molar-refractivity contribution >= 4 is 14.7 Å². The van der Waals surface area contributed by atoms with E-state index in [4.69, 9.17) is 0 Å². The zero-order valence-electron chi connectivity index (χ0n) is 9.20. The van der Waals surface area contributed by atoms with Crippen molar-refractivity contribution in [3.05, 3.63) is 48.2 Å². The average molecular weight is 213 g/mol. The van der Waals surface area contributed by atoms with Crippen LogP contribution in [-0.4, -0.2) is 14.5 Å². The zero-order chi connectivity index (χ0) is 10.7. The molecule has 0 unspecified atom stereocenters. The molecule has 0 radical (unpaired) electrons. The van der Waals surface area contributed by atoms with Gasteiger partial charge < -0.3 is 0 Å². The van der Waals surface area contributed by atoms with Gasteiger partial charge in [0.1, 0.15) is 0 Å². The van der Waals surface area contributed by atoms with Crippen LogP contribution in [-0.2, 0) is 0 Å². The van der Waals surface area contributed by atoms with Gasteiger partial charge in [-0.2, -0.15) is 0 Å². The van der Waals surface area contributed by atoms with Gasteiger partial charge in [0.05, 0.1) is 15.2 Å². The molecule has 0 aliphatic carbocycles. The molecule has 1 aromatic heterocycles. The summed E-state index contributed by atoms with van der Waals surface area (Å²) in [4.78, 5) is 4.40. The van der Waals surface area contributed by atoms with Crippen LogP contribution < -0.4 is 5.19 Å². The normalized spacial score (nSPS) is 11.1. The summed E-state index contributed by atoms with van der Waals surface area (Å²) in [7, 11) is -0.0725. The van der Waals surface area contributed by atoms with E-state index < -0.39 is 0 Å². The third kappa shape index (κ3) is 2.33. The lowest BCUT2D eigenvalue weighted by Gasteiger charge is -2.03. The van der Waals surface area contributed by atoms with Crippen molar-refractivity contribution in [3.8, 4) is 11.3 Å². The largest absolute Gasteiger partial charge is 0.256 e. The second-order valence-corrected chi connectivity index (χ2v) is 5.30. The van der Waals surface area contributed by atoms with E-state index in [0.29, 0.717) is 0 Å². The van der Waals surface area contributed by atoms with Crippen LogP contribution in [0.4, 0.5) is 0 Å². The van der Waals surface area contributed by atoms with Gasteiger partial charge in [0.25, 0.3) is 0 Å². The fraction of sp³-hybridized carbons (Fsp3) is 0.154. The summed E-state index contributed by atoms with van der Waals surface area (Å²) < 4.78 is 0. The van der Waals surface area contributed by atoms with Crippen molar-refractivity contribution in [1.29, 1.82) is 0 Å². The fourth-order valence-electron chi connectivity index (χ4n) is 1.64. The number of hydrogen-bond acceptors (Lipinski definition) is 1. The van der Waals surface area contributed by atoms with Gasteiger partial charge in [0.2, 0.25) is 0 Å². The maximum Gasteiger partial charge on any atom is 0.0704 e. The van der Waals surface area contributed by atoms with E-state index in [1.807, 2.05) is 12.3 Å². The Kier molecular flexibility index (Phi) is 2.97. The van der Waals surface area contributed by atoms with Crippen molar-refractivity contribution < 1.29 is 0 Å². The predicted octanol–water partition coefficient (Wildman–Crippen LogP) is 1.90. The van der Waals surface area contributed by atoms with Crippen molar-refractivity contribution in [1.82, 2.24) is 4.98 Å². The van der Waals surface area contributed by atoms with Crippen LogP contribution in [0.3, 0.4) is 0 Å². The Morgan fingerprint density at radius 2 is 2.00 bits per heavy atom. The van der Waals surface area contributed by atoms with Crippen LogP contribution in [0, 0.1) is 6.92 Å². The lowest BCUT2D eigenvalue weighted by atomic mass is 10.1. The molecule has 2 heteroatoms. The first-order valence-corrected chi connectivity index (χ1v) is 7.43. The number of aryl methyl sites for hydroxylation is 1. The van der Waals surface area contributed by atoms with Gasteiger partial charge in [0, 0.05) is 6.20 Å². The third-order valence-electron chi connectivity index (χ3n) is 2.55. The summed E-state index contributed by atoms with van der Waals surface area (Å²) >= 11 is 0. The molecule has 1 heterocycles. The van der Waals surface area contributed by atoms with E-state index in [1.165, 1.54) is 16.3 Å². The molecular weight excluding hydrogens is 198 g/mol. The van der Waals surface area contributed by atoms with E-state index in [2.05, 4.69) is 48.8 Å². The third-order valence-corrected chi connectivity index (χ3v) is 3.80. The van der Waals surface area contributed by atoms with Gasteiger partial charge in [-0.3, -0.25) is 4.98 Å². The van der Waals surface area contributed by atoms with Gasteiger partial charge >= 0.3 is 0 Å². The van der Waals surface area contributed by atoms with Gasteiger partial charge in [-0.15, -0.1) is 0 Å². The molecule has 76 valence electrons. The second kappa shape index (κ2) is 4.40. The van der Waals surface area contributed by atoms with Crippen LogP contribution >= 0.6 is 0 Å². The molecule has 0 amide bonds. The molecular formula is C13H15NSi. The van der Waals surface area contributed by atoms with Gasteiger partial charge in [-0.1, -0.05) is 36.0 Å². The van der Waals surface area contributed by atoms with Crippen LogP contribution in [0.5, 0.6) is 0 Å². The molecule has 15 heavy (non-hydrogen) atoms. The maximum atomic E-state index is 4.40. The molecule has 2 aromatic rings. The minimum atomic E-state index is -0.0725. The molecule has 0 saturated carbocycles.